The molecule has 3 atom stereocenters. The summed E-state index contributed by atoms with van der Waals surface area (Å²) in [4.78, 5) is 38.0. The van der Waals surface area contributed by atoms with Crippen LogP contribution < -0.4 is 11.1 Å². The van der Waals surface area contributed by atoms with Crippen LogP contribution in [0.15, 0.2) is 30.3 Å². The number of carbonyl (C=O) groups is 3. The summed E-state index contributed by atoms with van der Waals surface area (Å²) in [5.41, 5.74) is 6.93. The molecule has 1 aliphatic heterocycles. The summed E-state index contributed by atoms with van der Waals surface area (Å²) in [6.45, 7) is 4.03. The highest BCUT2D eigenvalue weighted by molar-refractivity contribution is 5.92. The second-order valence-corrected chi connectivity index (χ2v) is 7.05. The highest BCUT2D eigenvalue weighted by Crippen LogP contribution is 2.20. The molecule has 1 heterocycles. The van der Waals surface area contributed by atoms with Crippen LogP contribution in [0.2, 0.25) is 0 Å². The Hall–Kier alpha value is -2.41. The lowest BCUT2D eigenvalue weighted by atomic mass is 10.0. The van der Waals surface area contributed by atoms with E-state index in [1.165, 1.54) is 4.90 Å². The summed E-state index contributed by atoms with van der Waals surface area (Å²) in [5, 5.41) is 12.0. The number of hydrogen-bond acceptors (Lipinski definition) is 4. The molecule has 0 unspecified atom stereocenters. The van der Waals surface area contributed by atoms with Crippen LogP contribution in [-0.4, -0.2) is 52.5 Å². The van der Waals surface area contributed by atoms with Gasteiger partial charge in [0.15, 0.2) is 0 Å². The van der Waals surface area contributed by atoms with Gasteiger partial charge in [-0.3, -0.25) is 9.59 Å². The second-order valence-electron chi connectivity index (χ2n) is 7.05. The van der Waals surface area contributed by atoms with Crippen molar-refractivity contribution in [2.75, 3.05) is 6.54 Å². The van der Waals surface area contributed by atoms with Crippen LogP contribution in [0.1, 0.15) is 32.3 Å². The molecule has 2 amide bonds. The third-order valence-corrected chi connectivity index (χ3v) is 4.69. The van der Waals surface area contributed by atoms with E-state index in [9.17, 15) is 19.5 Å². The summed E-state index contributed by atoms with van der Waals surface area (Å²) in [6, 6.07) is 7.03. The number of amides is 2. The Morgan fingerprint density at radius 2 is 1.92 bits per heavy atom. The lowest BCUT2D eigenvalue weighted by Gasteiger charge is -2.30. The van der Waals surface area contributed by atoms with Crippen LogP contribution in [0, 0.1) is 5.92 Å². The SMILES string of the molecule is CC(C)[C@H](NC(=O)[C@@H](N)Cc1ccccc1)C(=O)N1CCC[C@H]1C(=O)O. The Kier molecular flexibility index (Phi) is 6.74. The van der Waals surface area contributed by atoms with Gasteiger partial charge in [0, 0.05) is 6.54 Å². The van der Waals surface area contributed by atoms with Crippen molar-refractivity contribution < 1.29 is 19.5 Å². The van der Waals surface area contributed by atoms with Gasteiger partial charge in [0.2, 0.25) is 11.8 Å². The molecule has 1 aromatic rings. The van der Waals surface area contributed by atoms with Gasteiger partial charge in [0.25, 0.3) is 0 Å². The van der Waals surface area contributed by atoms with E-state index in [0.717, 1.165) is 5.56 Å². The molecule has 7 heteroatoms. The predicted octanol–water partition coefficient (Wildman–Crippen LogP) is 0.773. The highest BCUT2D eigenvalue weighted by Gasteiger charge is 2.38. The Bertz CT molecular complexity index is 647. The molecule has 1 saturated heterocycles. The number of carboxylic acids is 1. The van der Waals surface area contributed by atoms with Crippen LogP contribution in [0.25, 0.3) is 0 Å². The number of hydrogen-bond donors (Lipinski definition) is 3. The first-order chi connectivity index (χ1) is 12.3. The molecule has 0 radical (unpaired) electrons. The van der Waals surface area contributed by atoms with E-state index in [2.05, 4.69) is 5.32 Å². The van der Waals surface area contributed by atoms with Crippen molar-refractivity contribution in [3.63, 3.8) is 0 Å². The maximum atomic E-state index is 12.8. The molecule has 1 aliphatic rings. The zero-order valence-corrected chi connectivity index (χ0v) is 15.2. The lowest BCUT2D eigenvalue weighted by molar-refractivity contribution is -0.150. The quantitative estimate of drug-likeness (QED) is 0.664. The van der Waals surface area contributed by atoms with Crippen LogP contribution in [0.4, 0.5) is 0 Å². The van der Waals surface area contributed by atoms with E-state index in [-0.39, 0.29) is 11.8 Å². The number of aliphatic carboxylic acids is 1. The molecule has 1 aromatic carbocycles. The number of nitrogens with one attached hydrogen (secondary N) is 1. The number of likely N-dealkylation sites (tertiary alicyclic amines) is 1. The molecule has 7 nitrogen and oxygen atoms in total. The molecule has 26 heavy (non-hydrogen) atoms. The number of benzene rings is 1. The number of nitrogens with two attached hydrogens (primary N) is 1. The van der Waals surface area contributed by atoms with Crippen molar-refractivity contribution in [2.24, 2.45) is 11.7 Å². The maximum Gasteiger partial charge on any atom is 0.326 e. The Morgan fingerprint density at radius 3 is 2.50 bits per heavy atom. The fourth-order valence-electron chi connectivity index (χ4n) is 3.20. The van der Waals surface area contributed by atoms with E-state index in [1.54, 1.807) is 0 Å². The van der Waals surface area contributed by atoms with Crippen molar-refractivity contribution in [1.29, 1.82) is 0 Å². The van der Waals surface area contributed by atoms with E-state index in [4.69, 9.17) is 5.73 Å². The summed E-state index contributed by atoms with van der Waals surface area (Å²) >= 11 is 0. The third kappa shape index (κ3) is 4.82. The van der Waals surface area contributed by atoms with Crippen LogP contribution in [-0.2, 0) is 20.8 Å². The summed E-state index contributed by atoms with van der Waals surface area (Å²) in [6.07, 6.45) is 1.45. The van der Waals surface area contributed by atoms with Gasteiger partial charge >= 0.3 is 5.97 Å². The van der Waals surface area contributed by atoms with Gasteiger partial charge in [0.05, 0.1) is 6.04 Å². The monoisotopic (exact) mass is 361 g/mol. The minimum atomic E-state index is -1.01. The van der Waals surface area contributed by atoms with E-state index < -0.39 is 30.0 Å². The Morgan fingerprint density at radius 1 is 1.27 bits per heavy atom. The normalized spacial score (nSPS) is 19.2. The van der Waals surface area contributed by atoms with Crippen LogP contribution in [0.3, 0.4) is 0 Å². The fourth-order valence-corrected chi connectivity index (χ4v) is 3.20. The van der Waals surface area contributed by atoms with Gasteiger partial charge in [-0.2, -0.15) is 0 Å². The van der Waals surface area contributed by atoms with Gasteiger partial charge in [-0.05, 0) is 30.7 Å². The van der Waals surface area contributed by atoms with Crippen molar-refractivity contribution in [3.8, 4) is 0 Å². The van der Waals surface area contributed by atoms with Gasteiger partial charge in [0.1, 0.15) is 12.1 Å². The zero-order valence-electron chi connectivity index (χ0n) is 15.2. The Labute approximate surface area is 153 Å². The molecule has 142 valence electrons. The zero-order chi connectivity index (χ0) is 19.3. The molecular weight excluding hydrogens is 334 g/mol. The minimum Gasteiger partial charge on any atom is -0.480 e. The van der Waals surface area contributed by atoms with Gasteiger partial charge < -0.3 is 21.1 Å². The van der Waals surface area contributed by atoms with Crippen LogP contribution in [0.5, 0.6) is 0 Å². The average molecular weight is 361 g/mol. The van der Waals surface area contributed by atoms with E-state index in [1.807, 2.05) is 44.2 Å². The lowest BCUT2D eigenvalue weighted by Crippen LogP contribution is -2.56. The minimum absolute atomic E-state index is 0.176. The van der Waals surface area contributed by atoms with E-state index in [0.29, 0.717) is 25.8 Å². The third-order valence-electron chi connectivity index (χ3n) is 4.69. The smallest absolute Gasteiger partial charge is 0.326 e. The van der Waals surface area contributed by atoms with Crippen LogP contribution >= 0.6 is 0 Å². The molecule has 0 aliphatic carbocycles. The molecule has 0 bridgehead atoms. The standard InChI is InChI=1S/C19H27N3O4/c1-12(2)16(18(24)22-10-6-9-15(22)19(25)26)21-17(23)14(20)11-13-7-4-3-5-8-13/h3-5,7-8,12,14-16H,6,9-11,20H2,1-2H3,(H,21,23)(H,25,26)/t14-,15-,16-/m0/s1. The molecule has 4 N–H and O–H groups in total. The number of rotatable bonds is 7. The van der Waals surface area contributed by atoms with Crippen molar-refractivity contribution in [2.45, 2.75) is 51.2 Å². The Balaban J connectivity index is 2.03. The van der Waals surface area contributed by atoms with Crippen molar-refractivity contribution in [3.05, 3.63) is 35.9 Å². The average Bonchev–Trinajstić information content (AvgIpc) is 3.09. The fraction of sp³-hybridized carbons (Fsp3) is 0.526. The number of carbonyl (C=O) groups excluding carboxylic acids is 2. The summed E-state index contributed by atoms with van der Waals surface area (Å²) < 4.78 is 0. The predicted molar refractivity (Wildman–Crippen MR) is 97.3 cm³/mol. The maximum absolute atomic E-state index is 12.8. The first-order valence-electron chi connectivity index (χ1n) is 8.94. The largest absolute Gasteiger partial charge is 0.480 e. The summed E-state index contributed by atoms with van der Waals surface area (Å²) in [7, 11) is 0. The molecule has 0 spiro atoms. The highest BCUT2D eigenvalue weighted by atomic mass is 16.4. The van der Waals surface area contributed by atoms with E-state index >= 15 is 0 Å². The molecule has 0 saturated carbocycles. The van der Waals surface area contributed by atoms with Crippen molar-refractivity contribution in [1.82, 2.24) is 10.2 Å². The first kappa shape index (κ1) is 19.9. The second kappa shape index (κ2) is 8.80. The summed E-state index contributed by atoms with van der Waals surface area (Å²) in [5.74, 6) is -1.95. The number of carboxylic acid groups (broad SMARTS) is 1. The molecular formula is C19H27N3O4. The molecule has 0 aromatic heterocycles. The topological polar surface area (TPSA) is 113 Å². The van der Waals surface area contributed by atoms with Crippen molar-refractivity contribution >= 4 is 17.8 Å². The molecule has 1 fully saturated rings. The number of nitrogens with zero attached hydrogens (tertiary/aromatic N) is 1. The van der Waals surface area contributed by atoms with Gasteiger partial charge in [-0.15, -0.1) is 0 Å². The molecule has 2 rings (SSSR count). The van der Waals surface area contributed by atoms with Gasteiger partial charge in [-0.1, -0.05) is 44.2 Å². The first-order valence-corrected chi connectivity index (χ1v) is 8.94. The van der Waals surface area contributed by atoms with Gasteiger partial charge in [-0.25, -0.2) is 4.79 Å².